The Kier molecular flexibility index (Phi) is 5.22. The Hall–Kier alpha value is -3.52. The van der Waals surface area contributed by atoms with Gasteiger partial charge in [0.2, 0.25) is 0 Å². The van der Waals surface area contributed by atoms with Crippen LogP contribution in [0.3, 0.4) is 0 Å². The van der Waals surface area contributed by atoms with Crippen LogP contribution in [0.2, 0.25) is 0 Å². The van der Waals surface area contributed by atoms with Crippen molar-refractivity contribution in [2.75, 3.05) is 26.3 Å². The number of nitrogens with zero attached hydrogens (tertiary/aromatic N) is 5. The van der Waals surface area contributed by atoms with Gasteiger partial charge in [0.05, 0.1) is 30.6 Å². The molecule has 0 radical (unpaired) electrons. The van der Waals surface area contributed by atoms with Crippen LogP contribution in [0.4, 0.5) is 4.79 Å². The van der Waals surface area contributed by atoms with E-state index in [0.717, 1.165) is 35.2 Å². The molecule has 0 unspecified atom stereocenters. The maximum Gasteiger partial charge on any atom is 0.407 e. The highest BCUT2D eigenvalue weighted by molar-refractivity contribution is 5.86. The molecule has 32 heavy (non-hydrogen) atoms. The summed E-state index contributed by atoms with van der Waals surface area (Å²) in [4.78, 5) is 21.9. The Morgan fingerprint density at radius 2 is 1.97 bits per heavy atom. The minimum absolute atomic E-state index is 0.370. The molecule has 0 atom stereocenters. The molecule has 0 saturated carbocycles. The maximum absolute atomic E-state index is 11.2. The fourth-order valence-electron chi connectivity index (χ4n) is 4.39. The molecule has 8 heteroatoms. The van der Waals surface area contributed by atoms with Crippen molar-refractivity contribution in [2.45, 2.75) is 26.7 Å². The van der Waals surface area contributed by atoms with E-state index in [4.69, 9.17) is 4.74 Å². The zero-order valence-electron chi connectivity index (χ0n) is 18.2. The Labute approximate surface area is 185 Å². The molecule has 1 aromatic carbocycles. The second-order valence-corrected chi connectivity index (χ2v) is 8.20. The average molecular weight is 431 g/mol. The third-order valence-electron chi connectivity index (χ3n) is 6.07. The van der Waals surface area contributed by atoms with Crippen LogP contribution in [-0.4, -0.2) is 62.2 Å². The lowest BCUT2D eigenvalue weighted by molar-refractivity contribution is 0.150. The van der Waals surface area contributed by atoms with Gasteiger partial charge in [0.1, 0.15) is 5.82 Å². The number of aromatic nitrogens is 4. The maximum atomic E-state index is 11.2. The number of fused-ring (bicyclic) bond motifs is 1. The number of amides is 1. The van der Waals surface area contributed by atoms with Crippen LogP contribution in [0, 0.1) is 13.8 Å². The minimum atomic E-state index is -0.895. The van der Waals surface area contributed by atoms with Crippen LogP contribution in [0.15, 0.2) is 36.5 Å². The second-order valence-electron chi connectivity index (χ2n) is 8.20. The molecule has 0 aliphatic carbocycles. The molecule has 1 N–H and O–H groups in total. The molecular formula is C24H25N5O3. The fourth-order valence-corrected chi connectivity index (χ4v) is 4.39. The van der Waals surface area contributed by atoms with Crippen LogP contribution >= 0.6 is 0 Å². The van der Waals surface area contributed by atoms with E-state index in [1.807, 2.05) is 29.9 Å². The van der Waals surface area contributed by atoms with Crippen molar-refractivity contribution in [1.29, 1.82) is 0 Å². The van der Waals surface area contributed by atoms with E-state index in [1.165, 1.54) is 21.6 Å². The number of hydrogen-bond donors (Lipinski definition) is 1. The van der Waals surface area contributed by atoms with Crippen LogP contribution in [0.1, 0.15) is 35.5 Å². The highest BCUT2D eigenvalue weighted by Gasteiger charge is 2.19. The third kappa shape index (κ3) is 3.78. The average Bonchev–Trinajstić information content (AvgIpc) is 3.21. The predicted octanol–water partition coefficient (Wildman–Crippen LogP) is 4.00. The van der Waals surface area contributed by atoms with Crippen molar-refractivity contribution in [3.63, 3.8) is 0 Å². The number of aryl methyl sites for hydroxylation is 2. The van der Waals surface area contributed by atoms with Gasteiger partial charge in [0, 0.05) is 24.5 Å². The molecule has 4 heterocycles. The summed E-state index contributed by atoms with van der Waals surface area (Å²) in [6.45, 7) is 6.22. The van der Waals surface area contributed by atoms with Gasteiger partial charge in [0.15, 0.2) is 5.82 Å². The molecule has 8 nitrogen and oxygen atoms in total. The van der Waals surface area contributed by atoms with Crippen molar-refractivity contribution in [3.05, 3.63) is 59.2 Å². The first-order valence-electron chi connectivity index (χ1n) is 10.8. The standard InChI is InChI=1S/C24H25N5O3/c1-15-11-19-14-25-29(22(19)12-20(15)17-5-9-32-10-6-17)23-13-21(26-16(2)27-23)18-3-7-28(8-4-18)24(30)31/h3,5,11-14H,4,6-10H2,1-2H3,(H,30,31). The lowest BCUT2D eigenvalue weighted by Gasteiger charge is -2.23. The van der Waals surface area contributed by atoms with E-state index < -0.39 is 6.09 Å². The Bertz CT molecular complexity index is 1270. The summed E-state index contributed by atoms with van der Waals surface area (Å²) in [6.07, 6.45) is 6.59. The number of hydrogen-bond acceptors (Lipinski definition) is 5. The molecule has 0 saturated heterocycles. The predicted molar refractivity (Wildman–Crippen MR) is 122 cm³/mol. The molecule has 164 valence electrons. The first-order valence-corrected chi connectivity index (χ1v) is 10.8. The monoisotopic (exact) mass is 431 g/mol. The summed E-state index contributed by atoms with van der Waals surface area (Å²) >= 11 is 0. The largest absolute Gasteiger partial charge is 0.465 e. The van der Waals surface area contributed by atoms with Gasteiger partial charge in [0.25, 0.3) is 0 Å². The Morgan fingerprint density at radius 3 is 2.69 bits per heavy atom. The highest BCUT2D eigenvalue weighted by Crippen LogP contribution is 2.30. The highest BCUT2D eigenvalue weighted by atomic mass is 16.5. The molecular weight excluding hydrogens is 406 g/mol. The van der Waals surface area contributed by atoms with Crippen LogP contribution in [0.5, 0.6) is 0 Å². The number of carboxylic acid groups (broad SMARTS) is 1. The quantitative estimate of drug-likeness (QED) is 0.674. The SMILES string of the molecule is Cc1nc(C2=CCN(C(=O)O)CC2)cc(-n2ncc3cc(C)c(C4=CCOCC4)cc32)n1. The summed E-state index contributed by atoms with van der Waals surface area (Å²) in [5, 5.41) is 14.9. The van der Waals surface area contributed by atoms with Crippen molar-refractivity contribution >= 4 is 28.1 Å². The first-order chi connectivity index (χ1) is 15.5. The lowest BCUT2D eigenvalue weighted by Crippen LogP contribution is -2.33. The number of rotatable bonds is 3. The third-order valence-corrected chi connectivity index (χ3v) is 6.07. The number of ether oxygens (including phenoxy) is 1. The molecule has 0 fully saturated rings. The molecule has 1 amide bonds. The van der Waals surface area contributed by atoms with Crippen LogP contribution in [-0.2, 0) is 4.74 Å². The van der Waals surface area contributed by atoms with E-state index in [1.54, 1.807) is 0 Å². The number of benzene rings is 1. The van der Waals surface area contributed by atoms with Gasteiger partial charge in [-0.05, 0) is 61.1 Å². The topological polar surface area (TPSA) is 93.4 Å². The Morgan fingerprint density at radius 1 is 1.09 bits per heavy atom. The normalized spacial score (nSPS) is 16.8. The Balaban J connectivity index is 1.56. The van der Waals surface area contributed by atoms with Gasteiger partial charge in [-0.25, -0.2) is 19.4 Å². The van der Waals surface area contributed by atoms with Gasteiger partial charge in [-0.2, -0.15) is 5.10 Å². The molecule has 2 aromatic heterocycles. The molecule has 2 aliphatic heterocycles. The van der Waals surface area contributed by atoms with Gasteiger partial charge in [-0.1, -0.05) is 12.2 Å². The van der Waals surface area contributed by atoms with Crippen molar-refractivity contribution in [2.24, 2.45) is 0 Å². The van der Waals surface area contributed by atoms with E-state index in [9.17, 15) is 9.90 Å². The van der Waals surface area contributed by atoms with Crippen molar-refractivity contribution in [1.82, 2.24) is 24.6 Å². The molecule has 0 spiro atoms. The summed E-state index contributed by atoms with van der Waals surface area (Å²) < 4.78 is 7.34. The van der Waals surface area contributed by atoms with E-state index in [-0.39, 0.29) is 0 Å². The number of carbonyl (C=O) groups is 1. The smallest absolute Gasteiger partial charge is 0.407 e. The molecule has 5 rings (SSSR count). The van der Waals surface area contributed by atoms with Gasteiger partial charge in [-0.15, -0.1) is 0 Å². The van der Waals surface area contributed by atoms with Gasteiger partial charge in [-0.3, -0.25) is 0 Å². The van der Waals surface area contributed by atoms with Crippen LogP contribution in [0.25, 0.3) is 27.9 Å². The summed E-state index contributed by atoms with van der Waals surface area (Å²) in [6, 6.07) is 6.30. The molecule has 2 aliphatic rings. The summed E-state index contributed by atoms with van der Waals surface area (Å²) in [7, 11) is 0. The lowest BCUT2D eigenvalue weighted by atomic mass is 9.96. The van der Waals surface area contributed by atoms with Crippen molar-refractivity contribution < 1.29 is 14.6 Å². The zero-order chi connectivity index (χ0) is 22.2. The van der Waals surface area contributed by atoms with Gasteiger partial charge >= 0.3 is 6.09 Å². The van der Waals surface area contributed by atoms with Crippen molar-refractivity contribution in [3.8, 4) is 5.82 Å². The van der Waals surface area contributed by atoms with E-state index in [2.05, 4.69) is 40.2 Å². The minimum Gasteiger partial charge on any atom is -0.465 e. The summed E-state index contributed by atoms with van der Waals surface area (Å²) in [5.41, 5.74) is 6.60. The summed E-state index contributed by atoms with van der Waals surface area (Å²) in [5.74, 6) is 1.36. The van der Waals surface area contributed by atoms with Gasteiger partial charge < -0.3 is 14.7 Å². The molecule has 3 aromatic rings. The molecule has 0 bridgehead atoms. The van der Waals surface area contributed by atoms with Crippen LogP contribution < -0.4 is 0 Å². The first kappa shape index (κ1) is 20.4. The second kappa shape index (κ2) is 8.20. The zero-order valence-corrected chi connectivity index (χ0v) is 18.2. The fraction of sp³-hybridized carbons (Fsp3) is 0.333. The van der Waals surface area contributed by atoms with E-state index in [0.29, 0.717) is 37.8 Å². The van der Waals surface area contributed by atoms with E-state index >= 15 is 0 Å².